The molecule has 0 fully saturated rings. The van der Waals surface area contributed by atoms with E-state index >= 15 is 0 Å². The standard InChI is InChI=1S/C12H16O/c1-9(2)11-6-5-10(3)12(7-11)8-13-4/h5-7H,1,8H2,2-4H3. The van der Waals surface area contributed by atoms with E-state index in [0.29, 0.717) is 6.61 Å². The molecule has 13 heavy (non-hydrogen) atoms. The third-order valence-electron chi connectivity index (χ3n) is 2.14. The van der Waals surface area contributed by atoms with Gasteiger partial charge in [-0.1, -0.05) is 24.3 Å². The predicted molar refractivity (Wildman–Crippen MR) is 56.6 cm³/mol. The summed E-state index contributed by atoms with van der Waals surface area (Å²) in [6, 6.07) is 6.34. The summed E-state index contributed by atoms with van der Waals surface area (Å²) in [6.07, 6.45) is 0. The zero-order valence-corrected chi connectivity index (χ0v) is 8.55. The zero-order chi connectivity index (χ0) is 9.84. The Bertz CT molecular complexity index is 313. The fourth-order valence-electron chi connectivity index (χ4n) is 1.25. The van der Waals surface area contributed by atoms with Crippen LogP contribution in [0.1, 0.15) is 23.6 Å². The summed E-state index contributed by atoms with van der Waals surface area (Å²) in [6.45, 7) is 8.70. The molecule has 0 aliphatic heterocycles. The molecular weight excluding hydrogens is 160 g/mol. The van der Waals surface area contributed by atoms with Gasteiger partial charge in [-0.3, -0.25) is 0 Å². The monoisotopic (exact) mass is 176 g/mol. The molecule has 0 heterocycles. The van der Waals surface area contributed by atoms with Crippen LogP contribution in [-0.4, -0.2) is 7.11 Å². The number of hydrogen-bond acceptors (Lipinski definition) is 1. The van der Waals surface area contributed by atoms with Gasteiger partial charge >= 0.3 is 0 Å². The van der Waals surface area contributed by atoms with Gasteiger partial charge in [0.05, 0.1) is 6.61 Å². The molecule has 0 unspecified atom stereocenters. The van der Waals surface area contributed by atoms with Crippen molar-refractivity contribution in [2.75, 3.05) is 7.11 Å². The number of benzene rings is 1. The smallest absolute Gasteiger partial charge is 0.0715 e. The molecule has 0 saturated carbocycles. The van der Waals surface area contributed by atoms with E-state index in [1.54, 1.807) is 7.11 Å². The lowest BCUT2D eigenvalue weighted by Gasteiger charge is -2.07. The second kappa shape index (κ2) is 4.24. The van der Waals surface area contributed by atoms with Crippen LogP contribution in [0, 0.1) is 6.92 Å². The molecule has 0 aliphatic carbocycles. The molecule has 0 amide bonds. The molecule has 0 spiro atoms. The van der Waals surface area contributed by atoms with Gasteiger partial charge in [-0.2, -0.15) is 0 Å². The first-order valence-electron chi connectivity index (χ1n) is 4.39. The molecular formula is C12H16O. The molecule has 1 rings (SSSR count). The van der Waals surface area contributed by atoms with Crippen molar-refractivity contribution >= 4 is 5.57 Å². The highest BCUT2D eigenvalue weighted by atomic mass is 16.5. The number of hydrogen-bond donors (Lipinski definition) is 0. The van der Waals surface area contributed by atoms with Gasteiger partial charge in [0.25, 0.3) is 0 Å². The average Bonchev–Trinajstić information content (AvgIpc) is 2.08. The van der Waals surface area contributed by atoms with E-state index in [4.69, 9.17) is 4.74 Å². The number of ether oxygens (including phenoxy) is 1. The van der Waals surface area contributed by atoms with E-state index in [2.05, 4.69) is 31.7 Å². The molecule has 1 nitrogen and oxygen atoms in total. The molecule has 0 aliphatic rings. The van der Waals surface area contributed by atoms with E-state index in [1.165, 1.54) is 16.7 Å². The van der Waals surface area contributed by atoms with Crippen molar-refractivity contribution in [1.82, 2.24) is 0 Å². The minimum atomic E-state index is 0.674. The van der Waals surface area contributed by atoms with Crippen LogP contribution in [0.5, 0.6) is 0 Å². The maximum absolute atomic E-state index is 5.11. The molecule has 0 aromatic heterocycles. The molecule has 0 saturated heterocycles. The van der Waals surface area contributed by atoms with Crippen LogP contribution >= 0.6 is 0 Å². The molecule has 1 aromatic carbocycles. The molecule has 0 bridgehead atoms. The number of rotatable bonds is 3. The fourth-order valence-corrected chi connectivity index (χ4v) is 1.25. The molecule has 0 radical (unpaired) electrons. The SMILES string of the molecule is C=C(C)c1ccc(C)c(COC)c1. The van der Waals surface area contributed by atoms with E-state index in [0.717, 1.165) is 5.57 Å². The van der Waals surface area contributed by atoms with Crippen LogP contribution in [0.3, 0.4) is 0 Å². The van der Waals surface area contributed by atoms with Crippen molar-refractivity contribution in [1.29, 1.82) is 0 Å². The normalized spacial score (nSPS) is 10.1. The minimum absolute atomic E-state index is 0.674. The Hall–Kier alpha value is -1.08. The largest absolute Gasteiger partial charge is 0.380 e. The summed E-state index contributed by atoms with van der Waals surface area (Å²) < 4.78 is 5.11. The van der Waals surface area contributed by atoms with Crippen molar-refractivity contribution in [3.63, 3.8) is 0 Å². The van der Waals surface area contributed by atoms with Crippen molar-refractivity contribution < 1.29 is 4.74 Å². The number of methoxy groups -OCH3 is 1. The van der Waals surface area contributed by atoms with Gasteiger partial charge in [0, 0.05) is 7.11 Å². The quantitative estimate of drug-likeness (QED) is 0.687. The topological polar surface area (TPSA) is 9.23 Å². The fraction of sp³-hybridized carbons (Fsp3) is 0.333. The Morgan fingerprint density at radius 1 is 1.46 bits per heavy atom. The predicted octanol–water partition coefficient (Wildman–Crippen LogP) is 3.17. The second-order valence-electron chi connectivity index (χ2n) is 3.35. The molecule has 1 aromatic rings. The third kappa shape index (κ3) is 2.43. The van der Waals surface area contributed by atoms with Gasteiger partial charge < -0.3 is 4.74 Å². The van der Waals surface area contributed by atoms with Gasteiger partial charge in [0.1, 0.15) is 0 Å². The Labute approximate surface area is 80.0 Å². The van der Waals surface area contributed by atoms with E-state index in [9.17, 15) is 0 Å². The van der Waals surface area contributed by atoms with Crippen LogP contribution in [0.25, 0.3) is 5.57 Å². The van der Waals surface area contributed by atoms with E-state index in [1.807, 2.05) is 6.92 Å². The lowest BCUT2D eigenvalue weighted by molar-refractivity contribution is 0.184. The van der Waals surface area contributed by atoms with Gasteiger partial charge in [-0.15, -0.1) is 0 Å². The summed E-state index contributed by atoms with van der Waals surface area (Å²) in [7, 11) is 1.72. The summed E-state index contributed by atoms with van der Waals surface area (Å²) in [5.41, 5.74) is 4.80. The van der Waals surface area contributed by atoms with Gasteiger partial charge in [0.2, 0.25) is 0 Å². The molecule has 0 N–H and O–H groups in total. The summed E-state index contributed by atoms with van der Waals surface area (Å²) >= 11 is 0. The van der Waals surface area contributed by atoms with Gasteiger partial charge in [-0.05, 0) is 36.6 Å². The van der Waals surface area contributed by atoms with Gasteiger partial charge in [-0.25, -0.2) is 0 Å². The van der Waals surface area contributed by atoms with Crippen LogP contribution in [-0.2, 0) is 11.3 Å². The van der Waals surface area contributed by atoms with Crippen LogP contribution in [0.4, 0.5) is 0 Å². The minimum Gasteiger partial charge on any atom is -0.380 e. The maximum Gasteiger partial charge on any atom is 0.0715 e. The van der Waals surface area contributed by atoms with Crippen LogP contribution in [0.2, 0.25) is 0 Å². The second-order valence-corrected chi connectivity index (χ2v) is 3.35. The third-order valence-corrected chi connectivity index (χ3v) is 2.14. The summed E-state index contributed by atoms with van der Waals surface area (Å²) in [5, 5.41) is 0. The first-order chi connectivity index (χ1) is 6.15. The van der Waals surface area contributed by atoms with Crippen LogP contribution in [0.15, 0.2) is 24.8 Å². The Morgan fingerprint density at radius 3 is 2.69 bits per heavy atom. The Balaban J connectivity index is 3.03. The van der Waals surface area contributed by atoms with Gasteiger partial charge in [0.15, 0.2) is 0 Å². The lowest BCUT2D eigenvalue weighted by Crippen LogP contribution is -1.93. The summed E-state index contributed by atoms with van der Waals surface area (Å²) in [5.74, 6) is 0. The first-order valence-corrected chi connectivity index (χ1v) is 4.39. The van der Waals surface area contributed by atoms with Crippen molar-refractivity contribution in [2.45, 2.75) is 20.5 Å². The average molecular weight is 176 g/mol. The molecule has 1 heteroatoms. The highest BCUT2D eigenvalue weighted by Gasteiger charge is 2.00. The van der Waals surface area contributed by atoms with Crippen molar-refractivity contribution in [3.05, 3.63) is 41.5 Å². The van der Waals surface area contributed by atoms with E-state index < -0.39 is 0 Å². The Morgan fingerprint density at radius 2 is 2.15 bits per heavy atom. The van der Waals surface area contributed by atoms with Crippen LogP contribution < -0.4 is 0 Å². The number of aryl methyl sites for hydroxylation is 1. The van der Waals surface area contributed by atoms with E-state index in [-0.39, 0.29) is 0 Å². The Kier molecular flexibility index (Phi) is 3.26. The highest BCUT2D eigenvalue weighted by Crippen LogP contribution is 2.17. The molecule has 0 atom stereocenters. The lowest BCUT2D eigenvalue weighted by atomic mass is 10.0. The first kappa shape index (κ1) is 10.0. The molecule has 70 valence electrons. The zero-order valence-electron chi connectivity index (χ0n) is 8.55. The summed E-state index contributed by atoms with van der Waals surface area (Å²) in [4.78, 5) is 0. The van der Waals surface area contributed by atoms with Crippen molar-refractivity contribution in [2.24, 2.45) is 0 Å². The highest BCUT2D eigenvalue weighted by molar-refractivity contribution is 5.62. The number of allylic oxidation sites excluding steroid dienone is 1. The maximum atomic E-state index is 5.11. The van der Waals surface area contributed by atoms with Crippen molar-refractivity contribution in [3.8, 4) is 0 Å².